The molecule has 9 heteroatoms. The molecule has 4 aromatic rings. The van der Waals surface area contributed by atoms with E-state index in [0.717, 1.165) is 5.65 Å². The zero-order valence-corrected chi connectivity index (χ0v) is 14.0. The number of nitrogens with zero attached hydrogens (tertiary/aromatic N) is 7. The van der Waals surface area contributed by atoms with Crippen LogP contribution in [-0.2, 0) is 6.54 Å². The molecule has 4 heterocycles. The van der Waals surface area contributed by atoms with Crippen molar-refractivity contribution in [3.8, 4) is 5.82 Å². The molecule has 0 saturated carbocycles. The van der Waals surface area contributed by atoms with Crippen LogP contribution in [0.3, 0.4) is 0 Å². The molecule has 0 aliphatic heterocycles. The van der Waals surface area contributed by atoms with Crippen LogP contribution in [-0.4, -0.2) is 47.3 Å². The summed E-state index contributed by atoms with van der Waals surface area (Å²) in [5.74, 6) is 1.36. The van der Waals surface area contributed by atoms with E-state index in [0.29, 0.717) is 23.9 Å². The lowest BCUT2D eigenvalue weighted by Gasteiger charge is -2.17. The number of pyridine rings is 2. The van der Waals surface area contributed by atoms with Gasteiger partial charge in [0.15, 0.2) is 17.3 Å². The lowest BCUT2D eigenvalue weighted by molar-refractivity contribution is 0.219. The first-order chi connectivity index (χ1) is 12.7. The molecule has 26 heavy (non-hydrogen) atoms. The monoisotopic (exact) mass is 348 g/mol. The van der Waals surface area contributed by atoms with E-state index in [4.69, 9.17) is 0 Å². The Morgan fingerprint density at radius 3 is 2.85 bits per heavy atom. The third-order valence-electron chi connectivity index (χ3n) is 3.85. The highest BCUT2D eigenvalue weighted by Crippen LogP contribution is 2.11. The molecular formula is C17H16N8O. The van der Waals surface area contributed by atoms with Gasteiger partial charge in [0.1, 0.15) is 0 Å². The number of amides is 2. The van der Waals surface area contributed by atoms with Gasteiger partial charge in [0, 0.05) is 25.6 Å². The van der Waals surface area contributed by atoms with Gasteiger partial charge in [-0.05, 0) is 30.3 Å². The molecule has 0 aliphatic rings. The van der Waals surface area contributed by atoms with Crippen LogP contribution in [0.25, 0.3) is 11.5 Å². The average Bonchev–Trinajstić information content (AvgIpc) is 3.33. The number of hydrogen-bond donors (Lipinski definition) is 1. The number of fused-ring (bicyclic) bond motifs is 1. The second-order valence-electron chi connectivity index (χ2n) is 5.69. The normalized spacial score (nSPS) is 10.8. The molecule has 0 radical (unpaired) electrons. The molecule has 0 unspecified atom stereocenters. The SMILES string of the molecule is CN(Cc1nnc2ccccn12)C(=O)Nc1ccc(-n2cccn2)nc1. The second-order valence-corrected chi connectivity index (χ2v) is 5.69. The van der Waals surface area contributed by atoms with Crippen LogP contribution in [0.4, 0.5) is 10.5 Å². The van der Waals surface area contributed by atoms with Gasteiger partial charge in [0.2, 0.25) is 0 Å². The molecule has 0 bridgehead atoms. The molecule has 0 saturated heterocycles. The summed E-state index contributed by atoms with van der Waals surface area (Å²) in [5.41, 5.74) is 1.35. The van der Waals surface area contributed by atoms with Crippen molar-refractivity contribution in [2.75, 3.05) is 12.4 Å². The number of carbonyl (C=O) groups is 1. The highest BCUT2D eigenvalue weighted by Gasteiger charge is 2.13. The Balaban J connectivity index is 1.42. The predicted molar refractivity (Wildman–Crippen MR) is 94.8 cm³/mol. The molecule has 130 valence electrons. The summed E-state index contributed by atoms with van der Waals surface area (Å²) in [4.78, 5) is 18.2. The van der Waals surface area contributed by atoms with Crippen LogP contribution in [0.2, 0.25) is 0 Å². The van der Waals surface area contributed by atoms with Gasteiger partial charge in [-0.2, -0.15) is 5.10 Å². The summed E-state index contributed by atoms with van der Waals surface area (Å²) in [6.45, 7) is 0.329. The second kappa shape index (κ2) is 6.63. The number of anilines is 1. The summed E-state index contributed by atoms with van der Waals surface area (Å²) in [5, 5.41) is 15.1. The molecule has 0 fully saturated rings. The van der Waals surface area contributed by atoms with E-state index in [1.165, 1.54) is 4.90 Å². The Bertz CT molecular complexity index is 1020. The summed E-state index contributed by atoms with van der Waals surface area (Å²) in [7, 11) is 1.70. The maximum Gasteiger partial charge on any atom is 0.322 e. The summed E-state index contributed by atoms with van der Waals surface area (Å²) in [6.07, 6.45) is 6.95. The molecule has 0 spiro atoms. The van der Waals surface area contributed by atoms with Gasteiger partial charge < -0.3 is 10.2 Å². The van der Waals surface area contributed by atoms with E-state index < -0.39 is 0 Å². The molecule has 1 N–H and O–H groups in total. The molecule has 4 aromatic heterocycles. The van der Waals surface area contributed by atoms with Crippen LogP contribution >= 0.6 is 0 Å². The fraction of sp³-hybridized carbons (Fsp3) is 0.118. The third kappa shape index (κ3) is 3.09. The first-order valence-electron chi connectivity index (χ1n) is 7.97. The van der Waals surface area contributed by atoms with Crippen molar-refractivity contribution in [1.82, 2.24) is 34.3 Å². The number of nitrogens with one attached hydrogen (secondary N) is 1. The van der Waals surface area contributed by atoms with Gasteiger partial charge in [-0.1, -0.05) is 6.07 Å². The summed E-state index contributed by atoms with van der Waals surface area (Å²) < 4.78 is 3.50. The highest BCUT2D eigenvalue weighted by atomic mass is 16.2. The van der Waals surface area contributed by atoms with E-state index >= 15 is 0 Å². The number of hydrogen-bond acceptors (Lipinski definition) is 5. The van der Waals surface area contributed by atoms with Crippen molar-refractivity contribution in [2.24, 2.45) is 0 Å². The van der Waals surface area contributed by atoms with Crippen LogP contribution in [0.5, 0.6) is 0 Å². The van der Waals surface area contributed by atoms with Gasteiger partial charge in [-0.3, -0.25) is 4.40 Å². The van der Waals surface area contributed by atoms with Gasteiger partial charge in [-0.15, -0.1) is 10.2 Å². The van der Waals surface area contributed by atoms with Crippen molar-refractivity contribution < 1.29 is 4.79 Å². The molecule has 0 aromatic carbocycles. The number of carbonyl (C=O) groups excluding carboxylic acids is 1. The largest absolute Gasteiger partial charge is 0.322 e. The zero-order valence-electron chi connectivity index (χ0n) is 14.0. The Morgan fingerprint density at radius 1 is 1.15 bits per heavy atom. The average molecular weight is 348 g/mol. The molecule has 2 amide bonds. The van der Waals surface area contributed by atoms with Crippen LogP contribution in [0.15, 0.2) is 61.2 Å². The van der Waals surface area contributed by atoms with E-state index in [9.17, 15) is 4.79 Å². The van der Waals surface area contributed by atoms with Crippen molar-refractivity contribution in [3.63, 3.8) is 0 Å². The molecule has 4 rings (SSSR count). The number of urea groups is 1. The fourth-order valence-electron chi connectivity index (χ4n) is 2.50. The van der Waals surface area contributed by atoms with Crippen LogP contribution in [0, 0.1) is 0 Å². The highest BCUT2D eigenvalue weighted by molar-refractivity contribution is 5.88. The fourth-order valence-corrected chi connectivity index (χ4v) is 2.50. The first kappa shape index (κ1) is 15.8. The minimum absolute atomic E-state index is 0.258. The van der Waals surface area contributed by atoms with Crippen molar-refractivity contribution in [2.45, 2.75) is 6.54 Å². The molecule has 0 aliphatic carbocycles. The quantitative estimate of drug-likeness (QED) is 0.609. The van der Waals surface area contributed by atoms with Gasteiger partial charge in [0.25, 0.3) is 0 Å². The lowest BCUT2D eigenvalue weighted by Crippen LogP contribution is -2.31. The van der Waals surface area contributed by atoms with E-state index in [1.807, 2.05) is 34.9 Å². The zero-order chi connectivity index (χ0) is 17.9. The summed E-state index contributed by atoms with van der Waals surface area (Å²) in [6, 6.07) is 10.8. The minimum atomic E-state index is -0.258. The first-order valence-corrected chi connectivity index (χ1v) is 7.97. The predicted octanol–water partition coefficient (Wildman–Crippen LogP) is 1.97. The van der Waals surface area contributed by atoms with Crippen LogP contribution in [0.1, 0.15) is 5.82 Å². The number of aromatic nitrogens is 6. The number of rotatable bonds is 4. The Morgan fingerprint density at radius 2 is 2.08 bits per heavy atom. The Hall–Kier alpha value is -3.75. The van der Waals surface area contributed by atoms with Gasteiger partial charge in [0.05, 0.1) is 18.4 Å². The molecular weight excluding hydrogens is 332 g/mol. The van der Waals surface area contributed by atoms with Crippen molar-refractivity contribution in [3.05, 3.63) is 67.0 Å². The van der Waals surface area contributed by atoms with Gasteiger partial charge >= 0.3 is 6.03 Å². The van der Waals surface area contributed by atoms with Crippen molar-refractivity contribution >= 4 is 17.4 Å². The maximum atomic E-state index is 12.4. The molecule has 0 atom stereocenters. The Kier molecular flexibility index (Phi) is 4.02. The molecule has 9 nitrogen and oxygen atoms in total. The maximum absolute atomic E-state index is 12.4. The summed E-state index contributed by atoms with van der Waals surface area (Å²) >= 11 is 0. The van der Waals surface area contributed by atoms with E-state index in [-0.39, 0.29) is 6.03 Å². The van der Waals surface area contributed by atoms with E-state index in [1.54, 1.807) is 42.5 Å². The van der Waals surface area contributed by atoms with Crippen molar-refractivity contribution in [1.29, 1.82) is 0 Å². The van der Waals surface area contributed by atoms with E-state index in [2.05, 4.69) is 25.6 Å². The standard InChI is InChI=1S/C17H16N8O/c1-23(12-16-22-21-15-5-2-3-9-24(15)16)17(26)20-13-6-7-14(18-11-13)25-10-4-8-19-25/h2-11H,12H2,1H3,(H,20,26). The minimum Gasteiger partial charge on any atom is -0.320 e. The third-order valence-corrected chi connectivity index (χ3v) is 3.85. The van der Waals surface area contributed by atoms with Gasteiger partial charge in [-0.25, -0.2) is 14.5 Å². The lowest BCUT2D eigenvalue weighted by atomic mass is 10.4. The van der Waals surface area contributed by atoms with Crippen LogP contribution < -0.4 is 5.32 Å². The Labute approximate surface area is 148 Å². The smallest absolute Gasteiger partial charge is 0.320 e. The topological polar surface area (TPSA) is 93.2 Å².